The first-order chi connectivity index (χ1) is 5.20. The first-order valence-corrected chi connectivity index (χ1v) is 3.70. The van der Waals surface area contributed by atoms with E-state index in [9.17, 15) is 4.79 Å². The van der Waals surface area contributed by atoms with Crippen molar-refractivity contribution >= 4 is 23.6 Å². The number of amides is 1. The lowest BCUT2D eigenvalue weighted by Gasteiger charge is -2.03. The summed E-state index contributed by atoms with van der Waals surface area (Å²) in [6.45, 7) is 1.93. The molecule has 1 amide bonds. The SMILES string of the molecule is Cc1ccccc1NC(=O)S. The molecule has 0 heterocycles. The highest BCUT2D eigenvalue weighted by molar-refractivity contribution is 7.96. The highest BCUT2D eigenvalue weighted by atomic mass is 32.1. The molecule has 0 saturated carbocycles. The minimum atomic E-state index is -0.334. The second kappa shape index (κ2) is 3.44. The second-order valence-corrected chi connectivity index (χ2v) is 2.65. The summed E-state index contributed by atoms with van der Waals surface area (Å²) >= 11 is 3.61. The van der Waals surface area contributed by atoms with Crippen LogP contribution in [-0.2, 0) is 0 Å². The number of anilines is 1. The summed E-state index contributed by atoms with van der Waals surface area (Å²) in [4.78, 5) is 10.5. The topological polar surface area (TPSA) is 29.1 Å². The monoisotopic (exact) mass is 167 g/mol. The number of rotatable bonds is 1. The maximum absolute atomic E-state index is 10.5. The van der Waals surface area contributed by atoms with Crippen molar-refractivity contribution in [3.63, 3.8) is 0 Å². The number of carbonyl (C=O) groups excluding carboxylic acids is 1. The number of para-hydroxylation sites is 1. The van der Waals surface area contributed by atoms with Crippen LogP contribution in [0, 0.1) is 6.92 Å². The molecule has 0 radical (unpaired) electrons. The Balaban J connectivity index is 2.86. The predicted octanol–water partition coefficient (Wildman–Crippen LogP) is 2.46. The minimum absolute atomic E-state index is 0.334. The molecule has 1 rings (SSSR count). The average Bonchev–Trinajstić information content (AvgIpc) is 1.93. The first-order valence-electron chi connectivity index (χ1n) is 3.26. The van der Waals surface area contributed by atoms with E-state index in [-0.39, 0.29) is 5.24 Å². The lowest BCUT2D eigenvalue weighted by atomic mass is 10.2. The van der Waals surface area contributed by atoms with Crippen molar-refractivity contribution in [3.05, 3.63) is 29.8 Å². The standard InChI is InChI=1S/C8H9NOS/c1-6-4-2-3-5-7(6)9-8(10)11/h2-5H,1H3,(H2,9,10,11). The van der Waals surface area contributed by atoms with E-state index in [1.807, 2.05) is 31.2 Å². The maximum Gasteiger partial charge on any atom is 0.280 e. The summed E-state index contributed by atoms with van der Waals surface area (Å²) < 4.78 is 0. The number of nitrogens with one attached hydrogen (secondary N) is 1. The van der Waals surface area contributed by atoms with Crippen molar-refractivity contribution in [1.82, 2.24) is 0 Å². The third kappa shape index (κ3) is 2.27. The molecule has 11 heavy (non-hydrogen) atoms. The van der Waals surface area contributed by atoms with E-state index >= 15 is 0 Å². The molecule has 0 bridgehead atoms. The van der Waals surface area contributed by atoms with E-state index in [1.54, 1.807) is 0 Å². The highest BCUT2D eigenvalue weighted by Gasteiger charge is 1.97. The van der Waals surface area contributed by atoms with Crippen LogP contribution >= 0.6 is 12.6 Å². The normalized spacial score (nSPS) is 9.27. The Morgan fingerprint density at radius 2 is 2.09 bits per heavy atom. The fourth-order valence-corrected chi connectivity index (χ4v) is 0.949. The zero-order valence-electron chi connectivity index (χ0n) is 6.16. The van der Waals surface area contributed by atoms with Gasteiger partial charge in [0, 0.05) is 5.69 Å². The van der Waals surface area contributed by atoms with Gasteiger partial charge in [-0.25, -0.2) is 0 Å². The van der Waals surface area contributed by atoms with Crippen molar-refractivity contribution < 1.29 is 4.79 Å². The number of hydrogen-bond acceptors (Lipinski definition) is 1. The summed E-state index contributed by atoms with van der Waals surface area (Å²) in [5, 5.41) is 2.26. The summed E-state index contributed by atoms with van der Waals surface area (Å²) in [6, 6.07) is 7.55. The Labute approximate surface area is 71.0 Å². The molecule has 0 saturated heterocycles. The van der Waals surface area contributed by atoms with E-state index in [4.69, 9.17) is 0 Å². The molecular weight excluding hydrogens is 158 g/mol. The molecule has 0 aliphatic rings. The molecule has 1 aromatic rings. The Hall–Kier alpha value is -0.960. The van der Waals surface area contributed by atoms with Crippen LogP contribution in [0.4, 0.5) is 10.5 Å². The van der Waals surface area contributed by atoms with E-state index in [0.29, 0.717) is 0 Å². The highest BCUT2D eigenvalue weighted by Crippen LogP contribution is 2.13. The molecule has 1 aromatic carbocycles. The Bertz CT molecular complexity index is 273. The van der Waals surface area contributed by atoms with Crippen LogP contribution in [0.25, 0.3) is 0 Å². The van der Waals surface area contributed by atoms with Crippen LogP contribution in [0.1, 0.15) is 5.56 Å². The zero-order valence-corrected chi connectivity index (χ0v) is 7.06. The van der Waals surface area contributed by atoms with Crippen LogP contribution in [0.3, 0.4) is 0 Å². The molecule has 0 aliphatic carbocycles. The van der Waals surface area contributed by atoms with E-state index in [0.717, 1.165) is 11.3 Å². The molecular formula is C8H9NOS. The number of thiol groups is 1. The van der Waals surface area contributed by atoms with Gasteiger partial charge >= 0.3 is 0 Å². The molecule has 1 N–H and O–H groups in total. The lowest BCUT2D eigenvalue weighted by Crippen LogP contribution is -2.02. The third-order valence-electron chi connectivity index (χ3n) is 1.39. The van der Waals surface area contributed by atoms with Crippen molar-refractivity contribution in [2.45, 2.75) is 6.92 Å². The van der Waals surface area contributed by atoms with Gasteiger partial charge in [-0.05, 0) is 18.6 Å². The fourth-order valence-electron chi connectivity index (χ4n) is 0.828. The van der Waals surface area contributed by atoms with Gasteiger partial charge < -0.3 is 5.32 Å². The Morgan fingerprint density at radius 3 is 2.64 bits per heavy atom. The molecule has 0 atom stereocenters. The van der Waals surface area contributed by atoms with Gasteiger partial charge in [0.05, 0.1) is 0 Å². The maximum atomic E-state index is 10.5. The quantitative estimate of drug-likeness (QED) is 0.618. The van der Waals surface area contributed by atoms with Crippen molar-refractivity contribution in [2.24, 2.45) is 0 Å². The largest absolute Gasteiger partial charge is 0.317 e. The average molecular weight is 167 g/mol. The lowest BCUT2D eigenvalue weighted by molar-refractivity contribution is 0.270. The van der Waals surface area contributed by atoms with Crippen molar-refractivity contribution in [3.8, 4) is 0 Å². The van der Waals surface area contributed by atoms with Gasteiger partial charge in [0.2, 0.25) is 0 Å². The third-order valence-corrected chi connectivity index (χ3v) is 1.50. The minimum Gasteiger partial charge on any atom is -0.317 e. The molecule has 0 unspecified atom stereocenters. The molecule has 3 heteroatoms. The Morgan fingerprint density at radius 1 is 1.45 bits per heavy atom. The summed E-state index contributed by atoms with van der Waals surface area (Å²) in [7, 11) is 0. The van der Waals surface area contributed by atoms with Gasteiger partial charge in [-0.3, -0.25) is 4.79 Å². The summed E-state index contributed by atoms with van der Waals surface area (Å²) in [5.74, 6) is 0. The molecule has 0 fully saturated rings. The van der Waals surface area contributed by atoms with E-state index < -0.39 is 0 Å². The molecule has 0 aliphatic heterocycles. The predicted molar refractivity (Wildman–Crippen MR) is 49.2 cm³/mol. The van der Waals surface area contributed by atoms with Gasteiger partial charge in [0.25, 0.3) is 5.24 Å². The fraction of sp³-hybridized carbons (Fsp3) is 0.125. The summed E-state index contributed by atoms with van der Waals surface area (Å²) in [5.41, 5.74) is 1.85. The van der Waals surface area contributed by atoms with E-state index in [2.05, 4.69) is 17.9 Å². The van der Waals surface area contributed by atoms with Gasteiger partial charge in [0.15, 0.2) is 0 Å². The van der Waals surface area contributed by atoms with Crippen LogP contribution in [0.2, 0.25) is 0 Å². The smallest absolute Gasteiger partial charge is 0.280 e. The Kier molecular flexibility index (Phi) is 2.54. The molecule has 0 aromatic heterocycles. The van der Waals surface area contributed by atoms with Crippen molar-refractivity contribution in [1.29, 1.82) is 0 Å². The van der Waals surface area contributed by atoms with Crippen LogP contribution in [0.15, 0.2) is 24.3 Å². The second-order valence-electron chi connectivity index (χ2n) is 2.25. The number of hydrogen-bond donors (Lipinski definition) is 2. The number of benzene rings is 1. The molecule has 58 valence electrons. The summed E-state index contributed by atoms with van der Waals surface area (Å²) in [6.07, 6.45) is 0. The zero-order chi connectivity index (χ0) is 8.27. The number of aryl methyl sites for hydroxylation is 1. The molecule has 0 spiro atoms. The molecule has 2 nitrogen and oxygen atoms in total. The van der Waals surface area contributed by atoms with Gasteiger partial charge in [-0.2, -0.15) is 0 Å². The van der Waals surface area contributed by atoms with Gasteiger partial charge in [-0.1, -0.05) is 30.8 Å². The number of carbonyl (C=O) groups is 1. The van der Waals surface area contributed by atoms with Crippen LogP contribution < -0.4 is 5.32 Å². The first kappa shape index (κ1) is 8.14. The van der Waals surface area contributed by atoms with Crippen LogP contribution in [0.5, 0.6) is 0 Å². The van der Waals surface area contributed by atoms with Crippen molar-refractivity contribution in [2.75, 3.05) is 5.32 Å². The van der Waals surface area contributed by atoms with E-state index in [1.165, 1.54) is 0 Å². The van der Waals surface area contributed by atoms with Gasteiger partial charge in [0.1, 0.15) is 0 Å². The van der Waals surface area contributed by atoms with Gasteiger partial charge in [-0.15, -0.1) is 0 Å². The van der Waals surface area contributed by atoms with Crippen LogP contribution in [-0.4, -0.2) is 5.24 Å².